The van der Waals surface area contributed by atoms with Gasteiger partial charge >= 0.3 is 12.2 Å². The summed E-state index contributed by atoms with van der Waals surface area (Å²) in [6.45, 7) is 0.310. The summed E-state index contributed by atoms with van der Waals surface area (Å²) in [6.07, 6.45) is -3.75. The number of rotatable bonds is 5. The van der Waals surface area contributed by atoms with E-state index in [1.807, 2.05) is 17.5 Å². The van der Waals surface area contributed by atoms with Gasteiger partial charge < -0.3 is 5.32 Å². The van der Waals surface area contributed by atoms with Crippen molar-refractivity contribution in [2.45, 2.75) is 17.7 Å². The first-order chi connectivity index (χ1) is 11.3. The lowest BCUT2D eigenvalue weighted by Crippen LogP contribution is -2.39. The molecule has 128 valence electrons. The number of hydrogen-bond donors (Lipinski definition) is 2. The molecular formula is C14H12F3N3O2S2. The fraction of sp³-hybridized carbons (Fsp3) is 0.214. The summed E-state index contributed by atoms with van der Waals surface area (Å²) in [7, 11) is 0. The minimum absolute atomic E-state index is 0.134. The number of aromatic nitrogens is 1. The lowest BCUT2D eigenvalue weighted by molar-refractivity contribution is -0.137. The van der Waals surface area contributed by atoms with Crippen LogP contribution in [0.15, 0.2) is 40.9 Å². The molecule has 10 heteroatoms. The number of thiophene rings is 1. The largest absolute Gasteiger partial charge is 0.417 e. The van der Waals surface area contributed by atoms with Crippen LogP contribution >= 0.6 is 23.1 Å². The molecule has 0 aliphatic rings. The summed E-state index contributed by atoms with van der Waals surface area (Å²) >= 11 is 2.41. The maximum Gasteiger partial charge on any atom is 0.417 e. The number of urea groups is 1. The minimum Gasteiger partial charge on any atom is -0.333 e. The monoisotopic (exact) mass is 375 g/mol. The van der Waals surface area contributed by atoms with E-state index in [1.165, 1.54) is 17.4 Å². The first kappa shape index (κ1) is 18.3. The first-order valence-electron chi connectivity index (χ1n) is 6.60. The zero-order chi connectivity index (χ0) is 17.6. The maximum absolute atomic E-state index is 12.4. The van der Waals surface area contributed by atoms with Crippen molar-refractivity contribution in [2.24, 2.45) is 0 Å². The van der Waals surface area contributed by atoms with Crippen LogP contribution in [0.4, 0.5) is 18.0 Å². The topological polar surface area (TPSA) is 71.1 Å². The Morgan fingerprint density at radius 2 is 2.04 bits per heavy atom. The number of halogens is 3. The van der Waals surface area contributed by atoms with Gasteiger partial charge in [-0.1, -0.05) is 17.8 Å². The summed E-state index contributed by atoms with van der Waals surface area (Å²) < 4.78 is 37.2. The molecule has 0 bridgehead atoms. The molecule has 0 aromatic carbocycles. The van der Waals surface area contributed by atoms with Gasteiger partial charge in [-0.25, -0.2) is 9.78 Å². The van der Waals surface area contributed by atoms with E-state index in [9.17, 15) is 22.8 Å². The molecule has 2 aromatic heterocycles. The molecule has 0 saturated carbocycles. The highest BCUT2D eigenvalue weighted by atomic mass is 32.2. The van der Waals surface area contributed by atoms with Crippen LogP contribution in [0.5, 0.6) is 0 Å². The number of pyridine rings is 1. The third-order valence-electron chi connectivity index (χ3n) is 2.67. The summed E-state index contributed by atoms with van der Waals surface area (Å²) in [5.74, 6) is -0.699. The number of hydrogen-bond acceptors (Lipinski definition) is 5. The Hall–Kier alpha value is -2.07. The van der Waals surface area contributed by atoms with Gasteiger partial charge in [0.15, 0.2) is 0 Å². The minimum atomic E-state index is -4.45. The van der Waals surface area contributed by atoms with E-state index in [0.29, 0.717) is 12.7 Å². The smallest absolute Gasteiger partial charge is 0.333 e. The maximum atomic E-state index is 12.4. The van der Waals surface area contributed by atoms with E-state index in [-0.39, 0.29) is 10.8 Å². The van der Waals surface area contributed by atoms with Crippen molar-refractivity contribution >= 4 is 35.0 Å². The summed E-state index contributed by atoms with van der Waals surface area (Å²) in [5.41, 5.74) is -0.857. The van der Waals surface area contributed by atoms with Gasteiger partial charge in [0.1, 0.15) is 0 Å². The van der Waals surface area contributed by atoms with Crippen LogP contribution < -0.4 is 10.6 Å². The number of imide groups is 1. The first-order valence-corrected chi connectivity index (χ1v) is 8.47. The van der Waals surface area contributed by atoms with Crippen LogP contribution in [0.2, 0.25) is 0 Å². The third-order valence-corrected chi connectivity index (χ3v) is 4.49. The summed E-state index contributed by atoms with van der Waals surface area (Å²) in [6, 6.07) is 5.13. The Morgan fingerprint density at radius 1 is 1.25 bits per heavy atom. The molecule has 3 amide bonds. The standard InChI is InChI=1S/C14H12F3N3O2S2/c15-14(16,17)9-3-4-12(18-6-9)24-8-11(21)20-13(22)19-7-10-2-1-5-23-10/h1-6H,7-8H2,(H2,19,20,21,22). The number of nitrogens with one attached hydrogen (secondary N) is 2. The van der Waals surface area contributed by atoms with Gasteiger partial charge in [0.05, 0.1) is 22.9 Å². The molecule has 0 aliphatic carbocycles. The quantitative estimate of drug-likeness (QED) is 0.787. The second-order valence-corrected chi connectivity index (χ2v) is 6.51. The summed E-state index contributed by atoms with van der Waals surface area (Å²) in [5, 5.41) is 6.79. The average Bonchev–Trinajstić information content (AvgIpc) is 3.04. The van der Waals surface area contributed by atoms with Crippen LogP contribution in [0.25, 0.3) is 0 Å². The summed E-state index contributed by atoms with van der Waals surface area (Å²) in [4.78, 5) is 27.7. The molecule has 0 spiro atoms. The van der Waals surface area contributed by atoms with Gasteiger partial charge in [0, 0.05) is 11.1 Å². The van der Waals surface area contributed by atoms with Crippen molar-refractivity contribution in [1.29, 1.82) is 0 Å². The van der Waals surface area contributed by atoms with Gasteiger partial charge in [0.25, 0.3) is 0 Å². The molecular weight excluding hydrogens is 363 g/mol. The Balaban J connectivity index is 1.73. The van der Waals surface area contributed by atoms with Crippen molar-refractivity contribution in [3.05, 3.63) is 46.3 Å². The molecule has 0 saturated heterocycles. The molecule has 2 N–H and O–H groups in total. The lowest BCUT2D eigenvalue weighted by atomic mass is 10.3. The van der Waals surface area contributed by atoms with E-state index in [4.69, 9.17) is 0 Å². The highest BCUT2D eigenvalue weighted by Gasteiger charge is 2.30. The average molecular weight is 375 g/mol. The fourth-order valence-electron chi connectivity index (χ4n) is 1.56. The molecule has 0 radical (unpaired) electrons. The molecule has 0 fully saturated rings. The molecule has 5 nitrogen and oxygen atoms in total. The van der Waals surface area contributed by atoms with Gasteiger partial charge in [-0.2, -0.15) is 13.2 Å². The van der Waals surface area contributed by atoms with Crippen molar-refractivity contribution in [1.82, 2.24) is 15.6 Å². The highest BCUT2D eigenvalue weighted by molar-refractivity contribution is 7.99. The third kappa shape index (κ3) is 5.85. The van der Waals surface area contributed by atoms with E-state index in [2.05, 4.69) is 15.6 Å². The van der Waals surface area contributed by atoms with Crippen molar-refractivity contribution in [2.75, 3.05) is 5.75 Å². The second kappa shape index (κ2) is 8.15. The lowest BCUT2D eigenvalue weighted by Gasteiger charge is -2.07. The van der Waals surface area contributed by atoms with Crippen molar-refractivity contribution in [3.63, 3.8) is 0 Å². The molecule has 2 heterocycles. The number of amides is 3. The Labute approximate surface area is 143 Å². The molecule has 0 atom stereocenters. The molecule has 0 unspecified atom stereocenters. The number of carbonyl (C=O) groups excluding carboxylic acids is 2. The van der Waals surface area contributed by atoms with E-state index in [1.54, 1.807) is 0 Å². The number of alkyl halides is 3. The number of thioether (sulfide) groups is 1. The molecule has 2 rings (SSSR count). The van der Waals surface area contributed by atoms with Crippen LogP contribution in [-0.4, -0.2) is 22.7 Å². The van der Waals surface area contributed by atoms with Gasteiger partial charge in [-0.05, 0) is 23.6 Å². The predicted molar refractivity (Wildman–Crippen MR) is 84.7 cm³/mol. The van der Waals surface area contributed by atoms with Gasteiger partial charge in [-0.15, -0.1) is 11.3 Å². The second-order valence-electron chi connectivity index (χ2n) is 4.48. The molecule has 2 aromatic rings. The van der Waals surface area contributed by atoms with Crippen LogP contribution in [0, 0.1) is 0 Å². The van der Waals surface area contributed by atoms with Crippen LogP contribution in [0.3, 0.4) is 0 Å². The molecule has 24 heavy (non-hydrogen) atoms. The SMILES string of the molecule is O=C(CSc1ccc(C(F)(F)F)cn1)NC(=O)NCc1cccs1. The predicted octanol–water partition coefficient (Wildman–Crippen LogP) is 3.28. The fourth-order valence-corrected chi connectivity index (χ4v) is 2.85. The Morgan fingerprint density at radius 3 is 2.62 bits per heavy atom. The van der Waals surface area contributed by atoms with Crippen molar-refractivity contribution in [3.8, 4) is 0 Å². The van der Waals surface area contributed by atoms with Gasteiger partial charge in [0.2, 0.25) is 5.91 Å². The van der Waals surface area contributed by atoms with Gasteiger partial charge in [-0.3, -0.25) is 10.1 Å². The van der Waals surface area contributed by atoms with Crippen LogP contribution in [0.1, 0.15) is 10.4 Å². The molecule has 0 aliphatic heterocycles. The van der Waals surface area contributed by atoms with E-state index >= 15 is 0 Å². The van der Waals surface area contributed by atoms with Crippen LogP contribution in [-0.2, 0) is 17.5 Å². The number of nitrogens with zero attached hydrogens (tertiary/aromatic N) is 1. The van der Waals surface area contributed by atoms with E-state index < -0.39 is 23.7 Å². The number of carbonyl (C=O) groups is 2. The van der Waals surface area contributed by atoms with E-state index in [0.717, 1.165) is 22.7 Å². The van der Waals surface area contributed by atoms with Crippen molar-refractivity contribution < 1.29 is 22.8 Å². The zero-order valence-electron chi connectivity index (χ0n) is 12.1. The highest BCUT2D eigenvalue weighted by Crippen LogP contribution is 2.29. The zero-order valence-corrected chi connectivity index (χ0v) is 13.7. The Kier molecular flexibility index (Phi) is 6.21. The Bertz CT molecular complexity index is 688. The normalized spacial score (nSPS) is 11.1.